The van der Waals surface area contributed by atoms with Gasteiger partial charge in [-0.25, -0.2) is 0 Å². The largest absolute Gasteiger partial charge is 0.390 e. The van der Waals surface area contributed by atoms with Crippen LogP contribution in [0.2, 0.25) is 5.02 Å². The van der Waals surface area contributed by atoms with Gasteiger partial charge in [0.25, 0.3) is 5.91 Å². The van der Waals surface area contributed by atoms with E-state index in [0.29, 0.717) is 33.6 Å². The summed E-state index contributed by atoms with van der Waals surface area (Å²) in [5.41, 5.74) is 1.17. The van der Waals surface area contributed by atoms with E-state index in [9.17, 15) is 14.7 Å². The van der Waals surface area contributed by atoms with Gasteiger partial charge in [-0.2, -0.15) is 0 Å². The van der Waals surface area contributed by atoms with E-state index in [-0.39, 0.29) is 30.5 Å². The summed E-state index contributed by atoms with van der Waals surface area (Å²) >= 11 is 7.44. The third-order valence-electron chi connectivity index (χ3n) is 6.33. The lowest BCUT2D eigenvalue weighted by molar-refractivity contribution is -0.123. The minimum atomic E-state index is -0.494. The van der Waals surface area contributed by atoms with Crippen LogP contribution in [0.4, 0.5) is 5.69 Å². The summed E-state index contributed by atoms with van der Waals surface area (Å²) in [4.78, 5) is 31.5. The molecule has 4 rings (SSSR count). The Hall–Kier alpha value is -2.16. The molecule has 9 heteroatoms. The summed E-state index contributed by atoms with van der Waals surface area (Å²) < 4.78 is 0. The molecule has 0 aliphatic heterocycles. The van der Waals surface area contributed by atoms with Crippen LogP contribution in [0.15, 0.2) is 24.4 Å². The molecule has 0 saturated heterocycles. The molecular weight excluding hydrogens is 460 g/mol. The molecule has 2 amide bonds. The number of nitrogens with zero attached hydrogens (tertiary/aromatic N) is 1. The number of pyridine rings is 1. The van der Waals surface area contributed by atoms with E-state index in [2.05, 4.69) is 20.9 Å². The number of anilines is 1. The van der Waals surface area contributed by atoms with Crippen molar-refractivity contribution in [3.8, 4) is 0 Å². The molecule has 0 spiro atoms. The maximum absolute atomic E-state index is 13.0. The number of carbonyl (C=O) groups is 2. The number of halogens is 1. The molecule has 2 heterocycles. The maximum atomic E-state index is 13.0. The molecular formula is C24H31ClN4O3S. The molecule has 0 radical (unpaired) electrons. The minimum absolute atomic E-state index is 0.0606. The number of aliphatic hydroxyl groups excluding tert-OH is 1. The van der Waals surface area contributed by atoms with Gasteiger partial charge in [0.2, 0.25) is 5.91 Å². The van der Waals surface area contributed by atoms with Crippen LogP contribution in [0.1, 0.15) is 78.2 Å². The highest BCUT2D eigenvalue weighted by Gasteiger charge is 2.31. The zero-order valence-corrected chi connectivity index (χ0v) is 20.3. The van der Waals surface area contributed by atoms with Crippen LogP contribution < -0.4 is 16.0 Å². The highest BCUT2D eigenvalue weighted by molar-refractivity contribution is 7.14. The van der Waals surface area contributed by atoms with Crippen LogP contribution in [0.25, 0.3) is 0 Å². The molecule has 2 aromatic heterocycles. The summed E-state index contributed by atoms with van der Waals surface area (Å²) in [6, 6.07) is 5.09. The van der Waals surface area contributed by atoms with Crippen molar-refractivity contribution in [2.45, 2.75) is 76.6 Å². The molecule has 2 saturated carbocycles. The number of hydrogen-bond acceptors (Lipinski definition) is 6. The summed E-state index contributed by atoms with van der Waals surface area (Å²) in [6.45, 7) is 1.77. The molecule has 2 fully saturated rings. The van der Waals surface area contributed by atoms with Crippen molar-refractivity contribution in [1.29, 1.82) is 0 Å². The highest BCUT2D eigenvalue weighted by atomic mass is 35.5. The highest BCUT2D eigenvalue weighted by Crippen LogP contribution is 2.31. The van der Waals surface area contributed by atoms with Crippen LogP contribution in [0, 0.1) is 5.92 Å². The molecule has 2 aliphatic rings. The smallest absolute Gasteiger partial charge is 0.262 e. The average Bonchev–Trinajstić information content (AvgIpc) is 3.25. The zero-order valence-electron chi connectivity index (χ0n) is 18.8. The third-order valence-corrected chi connectivity index (χ3v) is 7.80. The molecule has 2 aliphatic carbocycles. The Kier molecular flexibility index (Phi) is 7.88. The molecule has 2 atom stereocenters. The van der Waals surface area contributed by atoms with E-state index in [1.165, 1.54) is 30.4 Å². The van der Waals surface area contributed by atoms with Gasteiger partial charge in [0.15, 0.2) is 0 Å². The monoisotopic (exact) mass is 490 g/mol. The van der Waals surface area contributed by atoms with Crippen LogP contribution in [0.5, 0.6) is 0 Å². The first kappa shape index (κ1) is 24.0. The van der Waals surface area contributed by atoms with Gasteiger partial charge >= 0.3 is 0 Å². The predicted octanol–water partition coefficient (Wildman–Crippen LogP) is 4.42. The van der Waals surface area contributed by atoms with Gasteiger partial charge in [-0.3, -0.25) is 14.6 Å². The van der Waals surface area contributed by atoms with Gasteiger partial charge in [-0.05, 0) is 50.3 Å². The lowest BCUT2D eigenvalue weighted by Crippen LogP contribution is -2.48. The van der Waals surface area contributed by atoms with E-state index >= 15 is 0 Å². The van der Waals surface area contributed by atoms with Crippen molar-refractivity contribution in [1.82, 2.24) is 15.6 Å². The first-order chi connectivity index (χ1) is 15.9. The second-order valence-electron chi connectivity index (χ2n) is 9.07. The molecule has 4 N–H and O–H groups in total. The van der Waals surface area contributed by atoms with Crippen LogP contribution in [-0.2, 0) is 11.4 Å². The number of aromatic nitrogens is 1. The summed E-state index contributed by atoms with van der Waals surface area (Å²) in [7, 11) is 0. The number of hydrogen-bond donors (Lipinski definition) is 4. The van der Waals surface area contributed by atoms with Gasteiger partial charge in [-0.1, -0.05) is 37.3 Å². The Morgan fingerprint density at radius 2 is 2.00 bits per heavy atom. The molecule has 0 unspecified atom stereocenters. The van der Waals surface area contributed by atoms with E-state index in [1.807, 2.05) is 13.0 Å². The molecule has 0 aromatic carbocycles. The van der Waals surface area contributed by atoms with Gasteiger partial charge in [0, 0.05) is 17.1 Å². The van der Waals surface area contributed by atoms with E-state index in [1.54, 1.807) is 12.1 Å². The summed E-state index contributed by atoms with van der Waals surface area (Å²) in [5, 5.41) is 19.4. The SMILES string of the molecule is C[C@H](Nc1cc(Cl)cnc1CO)c1ccc(C(=O)N[C@@H](CC2CCCC2)C(=O)NC2CC2)s1. The summed E-state index contributed by atoms with van der Waals surface area (Å²) in [5.74, 6) is 0.220. The van der Waals surface area contributed by atoms with Gasteiger partial charge in [0.1, 0.15) is 6.04 Å². The lowest BCUT2D eigenvalue weighted by atomic mass is 9.97. The van der Waals surface area contributed by atoms with Gasteiger partial charge < -0.3 is 21.1 Å². The number of aliphatic hydroxyl groups is 1. The standard InChI is InChI=1S/C24H31ClN4O3S/c1-14(27-18-11-16(25)12-26-20(18)13-30)21-8-9-22(33-21)24(32)29-19(10-15-4-2-3-5-15)23(31)28-17-6-7-17/h8-9,11-12,14-15,17,19,27,30H,2-7,10,13H2,1H3,(H,28,31)(H,29,32)/t14-,19-/m0/s1. The van der Waals surface area contributed by atoms with Gasteiger partial charge in [0.05, 0.1) is 33.9 Å². The Labute approximate surface area is 203 Å². The first-order valence-electron chi connectivity index (χ1n) is 11.7. The molecule has 0 bridgehead atoms. The predicted molar refractivity (Wildman–Crippen MR) is 131 cm³/mol. The topological polar surface area (TPSA) is 103 Å². The van der Waals surface area contributed by atoms with E-state index in [4.69, 9.17) is 11.6 Å². The van der Waals surface area contributed by atoms with Crippen molar-refractivity contribution in [2.24, 2.45) is 5.92 Å². The summed E-state index contributed by atoms with van der Waals surface area (Å²) in [6.07, 6.45) is 8.91. The fraction of sp³-hybridized carbons (Fsp3) is 0.542. The zero-order chi connectivity index (χ0) is 23.4. The van der Waals surface area contributed by atoms with Crippen molar-refractivity contribution in [3.63, 3.8) is 0 Å². The van der Waals surface area contributed by atoms with E-state index in [0.717, 1.165) is 30.6 Å². The number of nitrogens with one attached hydrogen (secondary N) is 3. The Bertz CT molecular complexity index is 988. The fourth-order valence-electron chi connectivity index (χ4n) is 4.30. The van der Waals surface area contributed by atoms with E-state index < -0.39 is 6.04 Å². The molecule has 178 valence electrons. The van der Waals surface area contributed by atoms with Crippen LogP contribution >= 0.6 is 22.9 Å². The van der Waals surface area contributed by atoms with Crippen molar-refractivity contribution in [3.05, 3.63) is 44.9 Å². The second kappa shape index (κ2) is 10.8. The normalized spacial score (nSPS) is 18.0. The second-order valence-corrected chi connectivity index (χ2v) is 10.6. The quantitative estimate of drug-likeness (QED) is 0.394. The van der Waals surface area contributed by atoms with Crippen molar-refractivity contribution >= 4 is 40.4 Å². The van der Waals surface area contributed by atoms with Crippen LogP contribution in [-0.4, -0.2) is 34.0 Å². The fourth-order valence-corrected chi connectivity index (χ4v) is 5.37. The Balaban J connectivity index is 1.41. The number of thiophene rings is 1. The minimum Gasteiger partial charge on any atom is -0.390 e. The first-order valence-corrected chi connectivity index (χ1v) is 12.8. The maximum Gasteiger partial charge on any atom is 0.262 e. The van der Waals surface area contributed by atoms with Crippen molar-refractivity contribution < 1.29 is 14.7 Å². The molecule has 2 aromatic rings. The molecule has 33 heavy (non-hydrogen) atoms. The Morgan fingerprint density at radius 1 is 1.24 bits per heavy atom. The van der Waals surface area contributed by atoms with Crippen molar-refractivity contribution in [2.75, 3.05) is 5.32 Å². The Morgan fingerprint density at radius 3 is 2.70 bits per heavy atom. The lowest BCUT2D eigenvalue weighted by Gasteiger charge is -2.21. The third kappa shape index (κ3) is 6.46. The number of carbonyl (C=O) groups excluding carboxylic acids is 2. The number of amides is 2. The average molecular weight is 491 g/mol. The van der Waals surface area contributed by atoms with Crippen LogP contribution in [0.3, 0.4) is 0 Å². The number of rotatable bonds is 10. The molecule has 7 nitrogen and oxygen atoms in total. The van der Waals surface area contributed by atoms with Gasteiger partial charge in [-0.15, -0.1) is 11.3 Å².